The number of carbonyl (C=O) groups excluding carboxylic acids is 1. The van der Waals surface area contributed by atoms with E-state index in [1.54, 1.807) is 11.0 Å². The number of ketones is 1. The average molecular weight is 454 g/mol. The number of aromatic nitrogens is 2. The van der Waals surface area contributed by atoms with Crippen LogP contribution in [0.25, 0.3) is 0 Å². The lowest BCUT2D eigenvalue weighted by atomic mass is 9.76. The summed E-state index contributed by atoms with van der Waals surface area (Å²) in [6.07, 6.45) is 7.10. The molecule has 4 rings (SSSR count). The molecule has 2 N–H and O–H groups in total. The first-order valence-electron chi connectivity index (χ1n) is 9.17. The molecule has 1 atom stereocenters. The second-order valence-electron chi connectivity index (χ2n) is 6.68. The number of hydrogen-bond acceptors (Lipinski definition) is 8. The molecular weight excluding hydrogens is 438 g/mol. The van der Waals surface area contributed by atoms with Crippen molar-refractivity contribution in [3.63, 3.8) is 0 Å². The van der Waals surface area contributed by atoms with Crippen LogP contribution in [0.4, 0.5) is 5.13 Å². The Bertz CT molecular complexity index is 1170. The molecule has 6 nitrogen and oxygen atoms in total. The van der Waals surface area contributed by atoms with Gasteiger partial charge in [0.25, 0.3) is 0 Å². The third-order valence-electron chi connectivity index (χ3n) is 5.00. The van der Waals surface area contributed by atoms with Crippen LogP contribution < -0.4 is 10.6 Å². The second kappa shape index (κ2) is 8.53. The Balaban J connectivity index is 1.90. The van der Waals surface area contributed by atoms with E-state index in [1.165, 1.54) is 23.1 Å². The number of nitriles is 1. The van der Waals surface area contributed by atoms with Crippen LogP contribution in [-0.2, 0) is 4.79 Å². The lowest BCUT2D eigenvalue weighted by Gasteiger charge is -2.38. The van der Waals surface area contributed by atoms with Gasteiger partial charge in [-0.25, -0.2) is 0 Å². The van der Waals surface area contributed by atoms with E-state index in [9.17, 15) is 10.1 Å². The Morgan fingerprint density at radius 1 is 1.37 bits per heavy atom. The highest BCUT2D eigenvalue weighted by Gasteiger charge is 2.41. The number of Topliss-reactive ketones (excluding diaryl/α,β-unsaturated/α-hetero) is 1. The van der Waals surface area contributed by atoms with E-state index in [1.807, 2.05) is 18.2 Å². The summed E-state index contributed by atoms with van der Waals surface area (Å²) >= 11 is 9.18. The number of nitrogens with two attached hydrogens (primary N) is 1. The molecular formula is C21H16ClN5OS2. The molecule has 0 bridgehead atoms. The Morgan fingerprint density at radius 3 is 2.90 bits per heavy atom. The van der Waals surface area contributed by atoms with Crippen LogP contribution in [0.1, 0.15) is 30.7 Å². The molecule has 0 saturated heterocycles. The van der Waals surface area contributed by atoms with Crippen molar-refractivity contribution in [2.24, 2.45) is 5.73 Å². The van der Waals surface area contributed by atoms with Gasteiger partial charge in [-0.3, -0.25) is 9.69 Å². The van der Waals surface area contributed by atoms with Crippen molar-refractivity contribution in [3.8, 4) is 18.4 Å². The molecule has 1 aliphatic carbocycles. The molecule has 150 valence electrons. The first-order valence-corrected chi connectivity index (χ1v) is 11.3. The van der Waals surface area contributed by atoms with E-state index < -0.39 is 5.92 Å². The van der Waals surface area contributed by atoms with Gasteiger partial charge in [0.1, 0.15) is 5.82 Å². The summed E-state index contributed by atoms with van der Waals surface area (Å²) in [5, 5.41) is 19.4. The number of nitrogens with zero attached hydrogens (tertiary/aromatic N) is 4. The number of thioether (sulfide) groups is 1. The maximum absolute atomic E-state index is 13.1. The summed E-state index contributed by atoms with van der Waals surface area (Å²) in [6.45, 7) is 0. The van der Waals surface area contributed by atoms with E-state index in [2.05, 4.69) is 22.2 Å². The summed E-state index contributed by atoms with van der Waals surface area (Å²) < 4.78 is 0.701. The van der Waals surface area contributed by atoms with E-state index in [-0.39, 0.29) is 17.2 Å². The molecule has 2 heterocycles. The Morgan fingerprint density at radius 2 is 2.17 bits per heavy atom. The number of terminal acetylenes is 1. The molecule has 1 unspecified atom stereocenters. The fourth-order valence-electron chi connectivity index (χ4n) is 3.78. The van der Waals surface area contributed by atoms with E-state index >= 15 is 0 Å². The van der Waals surface area contributed by atoms with Gasteiger partial charge in [0.15, 0.2) is 10.1 Å². The predicted octanol–water partition coefficient (Wildman–Crippen LogP) is 4.22. The fourth-order valence-corrected chi connectivity index (χ4v) is 5.59. The number of halogens is 1. The average Bonchev–Trinajstić information content (AvgIpc) is 3.20. The quantitative estimate of drug-likeness (QED) is 0.546. The monoisotopic (exact) mass is 453 g/mol. The van der Waals surface area contributed by atoms with Crippen LogP contribution >= 0.6 is 34.7 Å². The minimum atomic E-state index is -0.592. The van der Waals surface area contributed by atoms with Gasteiger partial charge in [0.2, 0.25) is 5.13 Å². The molecule has 0 saturated carbocycles. The number of benzene rings is 1. The van der Waals surface area contributed by atoms with Crippen LogP contribution in [0.15, 0.2) is 51.3 Å². The van der Waals surface area contributed by atoms with Crippen molar-refractivity contribution >= 4 is 45.6 Å². The SMILES string of the molecule is C#CCSc1nnc(N2C(N)=C(C#N)C(c3ccccc3Cl)C3=C2CCCC3=O)s1. The molecule has 1 aliphatic heterocycles. The van der Waals surface area contributed by atoms with Crippen molar-refractivity contribution < 1.29 is 4.79 Å². The van der Waals surface area contributed by atoms with E-state index in [0.717, 1.165) is 5.70 Å². The summed E-state index contributed by atoms with van der Waals surface area (Å²) in [4.78, 5) is 14.8. The van der Waals surface area contributed by atoms with Gasteiger partial charge < -0.3 is 5.73 Å². The van der Waals surface area contributed by atoms with Crippen LogP contribution in [0.5, 0.6) is 0 Å². The molecule has 1 aromatic carbocycles. The number of hydrogen-bond donors (Lipinski definition) is 1. The summed E-state index contributed by atoms with van der Waals surface area (Å²) in [6, 6.07) is 9.45. The maximum Gasteiger partial charge on any atom is 0.219 e. The van der Waals surface area contributed by atoms with Crippen molar-refractivity contribution in [2.45, 2.75) is 29.5 Å². The van der Waals surface area contributed by atoms with Crippen molar-refractivity contribution in [2.75, 3.05) is 10.7 Å². The molecule has 0 spiro atoms. The lowest BCUT2D eigenvalue weighted by molar-refractivity contribution is -0.116. The topological polar surface area (TPSA) is 95.9 Å². The Labute approximate surface area is 187 Å². The molecule has 0 amide bonds. The molecule has 1 aromatic heterocycles. The van der Waals surface area contributed by atoms with Crippen LogP contribution in [0.3, 0.4) is 0 Å². The third-order valence-corrected chi connectivity index (χ3v) is 7.29. The van der Waals surface area contributed by atoms with Gasteiger partial charge in [-0.15, -0.1) is 16.6 Å². The molecule has 2 aliphatic rings. The van der Waals surface area contributed by atoms with Gasteiger partial charge in [-0.05, 0) is 24.5 Å². The summed E-state index contributed by atoms with van der Waals surface area (Å²) in [5.41, 5.74) is 8.80. The Hall–Kier alpha value is -2.78. The number of anilines is 1. The van der Waals surface area contributed by atoms with Gasteiger partial charge in [0, 0.05) is 22.7 Å². The third kappa shape index (κ3) is 3.48. The van der Waals surface area contributed by atoms with E-state index in [4.69, 9.17) is 23.8 Å². The highest BCUT2D eigenvalue weighted by molar-refractivity contribution is 8.01. The first kappa shape index (κ1) is 20.5. The zero-order chi connectivity index (χ0) is 21.3. The fraction of sp³-hybridized carbons (Fsp3) is 0.238. The first-order chi connectivity index (χ1) is 14.6. The standard InChI is InChI=1S/C21H16ClN5OS2/c1-2-10-29-21-26-25-20(30-21)27-15-8-5-9-16(28)18(15)17(13(11-23)19(27)24)12-6-3-4-7-14(12)22/h1,3-4,6-7,17H,5,8-10,24H2. The maximum atomic E-state index is 13.1. The molecule has 2 aromatic rings. The zero-order valence-electron chi connectivity index (χ0n) is 15.8. The number of rotatable bonds is 4. The summed E-state index contributed by atoms with van der Waals surface area (Å²) in [7, 11) is 0. The number of allylic oxidation sites excluding steroid dienone is 3. The normalized spacial score (nSPS) is 18.8. The Kier molecular flexibility index (Phi) is 5.83. The van der Waals surface area contributed by atoms with Gasteiger partial charge in [0.05, 0.1) is 23.3 Å². The number of carbonyl (C=O) groups is 1. The van der Waals surface area contributed by atoms with Gasteiger partial charge in [-0.1, -0.05) is 58.8 Å². The van der Waals surface area contributed by atoms with Crippen LogP contribution in [0.2, 0.25) is 5.02 Å². The lowest BCUT2D eigenvalue weighted by Crippen LogP contribution is -2.38. The predicted molar refractivity (Wildman–Crippen MR) is 119 cm³/mol. The molecule has 0 radical (unpaired) electrons. The van der Waals surface area contributed by atoms with Crippen LogP contribution in [0, 0.1) is 23.7 Å². The van der Waals surface area contributed by atoms with Crippen molar-refractivity contribution in [1.29, 1.82) is 5.26 Å². The highest BCUT2D eigenvalue weighted by Crippen LogP contribution is 2.48. The summed E-state index contributed by atoms with van der Waals surface area (Å²) in [5.74, 6) is 2.69. The highest BCUT2D eigenvalue weighted by atomic mass is 35.5. The molecule has 9 heteroatoms. The molecule has 0 fully saturated rings. The van der Waals surface area contributed by atoms with Gasteiger partial charge >= 0.3 is 0 Å². The van der Waals surface area contributed by atoms with Gasteiger partial charge in [-0.2, -0.15) is 5.26 Å². The van der Waals surface area contributed by atoms with Crippen molar-refractivity contribution in [3.05, 3.63) is 57.5 Å². The minimum absolute atomic E-state index is 0.00198. The van der Waals surface area contributed by atoms with Crippen molar-refractivity contribution in [1.82, 2.24) is 10.2 Å². The smallest absolute Gasteiger partial charge is 0.219 e. The zero-order valence-corrected chi connectivity index (χ0v) is 18.2. The van der Waals surface area contributed by atoms with Crippen LogP contribution in [-0.4, -0.2) is 21.7 Å². The minimum Gasteiger partial charge on any atom is -0.384 e. The second-order valence-corrected chi connectivity index (χ2v) is 9.27. The largest absolute Gasteiger partial charge is 0.384 e. The van der Waals surface area contributed by atoms with E-state index in [0.29, 0.717) is 50.6 Å². The molecule has 30 heavy (non-hydrogen) atoms.